The Morgan fingerprint density at radius 1 is 1.33 bits per heavy atom. The minimum atomic E-state index is -4.01. The highest BCUT2D eigenvalue weighted by Crippen LogP contribution is 2.35. The summed E-state index contributed by atoms with van der Waals surface area (Å²) >= 11 is 1.63. The van der Waals surface area contributed by atoms with E-state index in [2.05, 4.69) is 0 Å². The quantitative estimate of drug-likeness (QED) is 0.911. The number of hydrogen-bond acceptors (Lipinski definition) is 4. The Morgan fingerprint density at radius 3 is 2.48 bits per heavy atom. The summed E-state index contributed by atoms with van der Waals surface area (Å²) in [5.41, 5.74) is 5.76. The Hall–Kier alpha value is -0.700. The van der Waals surface area contributed by atoms with Crippen molar-refractivity contribution >= 4 is 21.8 Å². The van der Waals surface area contributed by atoms with Crippen molar-refractivity contribution in [2.45, 2.75) is 22.5 Å². The van der Waals surface area contributed by atoms with Gasteiger partial charge in [0.15, 0.2) is 0 Å². The molecule has 0 aromatic heterocycles. The molecule has 0 atom stereocenters. The maximum Gasteiger partial charge on any atom is 0.246 e. The number of thioether (sulfide) groups is 1. The smallest absolute Gasteiger partial charge is 0.246 e. The van der Waals surface area contributed by atoms with Gasteiger partial charge in [0.1, 0.15) is 16.5 Å². The van der Waals surface area contributed by atoms with E-state index < -0.39 is 26.6 Å². The van der Waals surface area contributed by atoms with Gasteiger partial charge in [-0.2, -0.15) is 16.1 Å². The number of benzene rings is 1. The lowest BCUT2D eigenvalue weighted by molar-refractivity contribution is 0.300. The van der Waals surface area contributed by atoms with E-state index in [1.54, 1.807) is 11.8 Å². The van der Waals surface area contributed by atoms with Crippen molar-refractivity contribution in [3.63, 3.8) is 0 Å². The van der Waals surface area contributed by atoms with Gasteiger partial charge in [-0.15, -0.1) is 0 Å². The summed E-state index contributed by atoms with van der Waals surface area (Å²) in [5.74, 6) is -1.70. The van der Waals surface area contributed by atoms with Gasteiger partial charge in [-0.1, -0.05) is 0 Å². The van der Waals surface area contributed by atoms with Gasteiger partial charge in [-0.05, 0) is 37.3 Å². The van der Waals surface area contributed by atoms with E-state index in [0.29, 0.717) is 19.4 Å². The van der Waals surface area contributed by atoms with Crippen LogP contribution in [-0.2, 0) is 10.0 Å². The van der Waals surface area contributed by atoms with Crippen molar-refractivity contribution in [2.75, 3.05) is 25.9 Å². The molecule has 1 aliphatic rings. The van der Waals surface area contributed by atoms with Crippen molar-refractivity contribution in [1.29, 1.82) is 0 Å². The number of rotatable bonds is 4. The zero-order valence-corrected chi connectivity index (χ0v) is 13.3. The number of piperidine rings is 1. The van der Waals surface area contributed by atoms with Gasteiger partial charge in [-0.25, -0.2) is 17.2 Å². The molecule has 0 unspecified atom stereocenters. The molecule has 1 fully saturated rings. The third-order valence-electron chi connectivity index (χ3n) is 3.95. The molecule has 1 saturated heterocycles. The number of sulfonamides is 1. The zero-order valence-electron chi connectivity index (χ0n) is 11.7. The lowest BCUT2D eigenvalue weighted by Gasteiger charge is -2.39. The third kappa shape index (κ3) is 3.23. The molecular formula is C13H18F2N2O2S2. The molecular weight excluding hydrogens is 318 g/mol. The third-order valence-corrected chi connectivity index (χ3v) is 7.30. The van der Waals surface area contributed by atoms with Crippen LogP contribution in [0, 0.1) is 11.6 Å². The fourth-order valence-corrected chi connectivity index (χ4v) is 4.71. The van der Waals surface area contributed by atoms with E-state index >= 15 is 0 Å². The normalized spacial score (nSPS) is 19.6. The van der Waals surface area contributed by atoms with E-state index in [0.717, 1.165) is 18.2 Å². The van der Waals surface area contributed by atoms with Crippen molar-refractivity contribution in [1.82, 2.24) is 4.31 Å². The fraction of sp³-hybridized carbons (Fsp3) is 0.538. The number of halogens is 2. The van der Waals surface area contributed by atoms with E-state index in [-0.39, 0.29) is 17.8 Å². The van der Waals surface area contributed by atoms with Gasteiger partial charge in [0.05, 0.1) is 0 Å². The first-order valence-corrected chi connectivity index (χ1v) is 9.21. The summed E-state index contributed by atoms with van der Waals surface area (Å²) in [7, 11) is -4.01. The molecule has 1 aliphatic heterocycles. The molecule has 0 radical (unpaired) electrons. The lowest BCUT2D eigenvalue weighted by Crippen LogP contribution is -2.48. The van der Waals surface area contributed by atoms with Gasteiger partial charge in [-0.3, -0.25) is 0 Å². The molecule has 0 amide bonds. The van der Waals surface area contributed by atoms with Crippen LogP contribution < -0.4 is 5.73 Å². The topological polar surface area (TPSA) is 63.4 Å². The van der Waals surface area contributed by atoms with Gasteiger partial charge in [0, 0.05) is 24.4 Å². The average Bonchev–Trinajstić information content (AvgIpc) is 2.49. The van der Waals surface area contributed by atoms with Crippen LogP contribution in [0.5, 0.6) is 0 Å². The van der Waals surface area contributed by atoms with Crippen molar-refractivity contribution in [2.24, 2.45) is 5.73 Å². The Kier molecular flexibility index (Phi) is 4.92. The minimum Gasteiger partial charge on any atom is -0.329 e. The standard InChI is InChI=1S/C13H18F2N2O2S2/c1-20-13(9-16)4-6-17(7-5-13)21(18,19)12-8-10(14)2-3-11(12)15/h2-3,8H,4-7,9,16H2,1H3. The van der Waals surface area contributed by atoms with Crippen LogP contribution in [0.25, 0.3) is 0 Å². The number of nitrogens with zero attached hydrogens (tertiary/aromatic N) is 1. The van der Waals surface area contributed by atoms with Crippen LogP contribution in [0.4, 0.5) is 8.78 Å². The summed E-state index contributed by atoms with van der Waals surface area (Å²) in [6, 6.07) is 2.46. The van der Waals surface area contributed by atoms with Gasteiger partial charge in [0.2, 0.25) is 10.0 Å². The van der Waals surface area contributed by atoms with Crippen LogP contribution in [-0.4, -0.2) is 43.4 Å². The van der Waals surface area contributed by atoms with E-state index in [4.69, 9.17) is 5.73 Å². The average molecular weight is 336 g/mol. The summed E-state index contributed by atoms with van der Waals surface area (Å²) in [5, 5.41) is 0. The highest BCUT2D eigenvalue weighted by molar-refractivity contribution is 8.00. The summed E-state index contributed by atoms with van der Waals surface area (Å²) in [4.78, 5) is -0.605. The molecule has 4 nitrogen and oxygen atoms in total. The first-order chi connectivity index (χ1) is 9.84. The molecule has 1 aromatic rings. The fourth-order valence-electron chi connectivity index (χ4n) is 2.44. The maximum absolute atomic E-state index is 13.7. The van der Waals surface area contributed by atoms with Crippen LogP contribution in [0.2, 0.25) is 0 Å². The molecule has 21 heavy (non-hydrogen) atoms. The summed E-state index contributed by atoms with van der Waals surface area (Å²) in [6.45, 7) is 0.989. The largest absolute Gasteiger partial charge is 0.329 e. The maximum atomic E-state index is 13.7. The molecule has 2 N–H and O–H groups in total. The SMILES string of the molecule is CSC1(CN)CCN(S(=O)(=O)c2cc(F)ccc2F)CC1. The molecule has 1 heterocycles. The van der Waals surface area contributed by atoms with Gasteiger partial charge >= 0.3 is 0 Å². The Morgan fingerprint density at radius 2 is 1.95 bits per heavy atom. The molecule has 8 heteroatoms. The molecule has 2 rings (SSSR count). The monoisotopic (exact) mass is 336 g/mol. The Labute approximate surface area is 127 Å². The number of hydrogen-bond donors (Lipinski definition) is 1. The highest BCUT2D eigenvalue weighted by Gasteiger charge is 2.38. The molecule has 0 spiro atoms. The van der Waals surface area contributed by atoms with Crippen LogP contribution >= 0.6 is 11.8 Å². The summed E-state index contributed by atoms with van der Waals surface area (Å²) < 4.78 is 52.8. The van der Waals surface area contributed by atoms with Crippen molar-refractivity contribution in [3.8, 4) is 0 Å². The Balaban J connectivity index is 2.24. The highest BCUT2D eigenvalue weighted by atomic mass is 32.2. The lowest BCUT2D eigenvalue weighted by atomic mass is 9.97. The molecule has 1 aromatic carbocycles. The minimum absolute atomic E-state index is 0.132. The van der Waals surface area contributed by atoms with Crippen LogP contribution in [0.1, 0.15) is 12.8 Å². The van der Waals surface area contributed by atoms with Crippen molar-refractivity contribution in [3.05, 3.63) is 29.8 Å². The van der Waals surface area contributed by atoms with E-state index in [9.17, 15) is 17.2 Å². The molecule has 118 valence electrons. The molecule has 0 aliphatic carbocycles. The summed E-state index contributed by atoms with van der Waals surface area (Å²) in [6.07, 6.45) is 3.14. The zero-order chi connectivity index (χ0) is 15.7. The van der Waals surface area contributed by atoms with Crippen LogP contribution in [0.15, 0.2) is 23.1 Å². The molecule has 0 bridgehead atoms. The van der Waals surface area contributed by atoms with Gasteiger partial charge < -0.3 is 5.73 Å². The predicted octanol–water partition coefficient (Wildman–Crippen LogP) is 1.81. The molecule has 0 saturated carbocycles. The predicted molar refractivity (Wildman–Crippen MR) is 79.7 cm³/mol. The van der Waals surface area contributed by atoms with Gasteiger partial charge in [0.25, 0.3) is 0 Å². The van der Waals surface area contributed by atoms with Crippen molar-refractivity contribution < 1.29 is 17.2 Å². The first kappa shape index (κ1) is 16.7. The first-order valence-electron chi connectivity index (χ1n) is 6.55. The second-order valence-electron chi connectivity index (χ2n) is 5.07. The second-order valence-corrected chi connectivity index (χ2v) is 8.25. The second kappa shape index (κ2) is 6.20. The van der Waals surface area contributed by atoms with E-state index in [1.807, 2.05) is 6.26 Å². The Bertz CT molecular complexity index is 609. The van der Waals surface area contributed by atoms with E-state index in [1.165, 1.54) is 4.31 Å². The van der Waals surface area contributed by atoms with Crippen LogP contribution in [0.3, 0.4) is 0 Å². The number of nitrogens with two attached hydrogens (primary N) is 1.